The highest BCUT2D eigenvalue weighted by Gasteiger charge is 2.16. The lowest BCUT2D eigenvalue weighted by Gasteiger charge is -2.05. The lowest BCUT2D eigenvalue weighted by atomic mass is 9.98. The molecular weight excluding hydrogens is 270 g/mol. The smallest absolute Gasteiger partial charge is 0.195 e. The number of H-pyrrole nitrogens is 1. The molecule has 0 atom stereocenters. The Morgan fingerprint density at radius 3 is 2.60 bits per heavy atom. The SMILES string of the molecule is Cc1ccc2c(C(=O)c3ccc(Cl)cc3C)c[nH]c2c1. The van der Waals surface area contributed by atoms with Crippen LogP contribution in [0.25, 0.3) is 10.9 Å². The van der Waals surface area contributed by atoms with Gasteiger partial charge in [-0.2, -0.15) is 0 Å². The molecule has 2 aromatic carbocycles. The molecular formula is C17H14ClNO. The molecule has 0 radical (unpaired) electrons. The van der Waals surface area contributed by atoms with Gasteiger partial charge in [-0.05, 0) is 49.2 Å². The number of nitrogens with one attached hydrogen (secondary N) is 1. The summed E-state index contributed by atoms with van der Waals surface area (Å²) >= 11 is 5.94. The Morgan fingerprint density at radius 2 is 1.85 bits per heavy atom. The third-order valence-corrected chi connectivity index (χ3v) is 3.75. The summed E-state index contributed by atoms with van der Waals surface area (Å²) in [6.45, 7) is 3.93. The first-order valence-electron chi connectivity index (χ1n) is 6.45. The van der Waals surface area contributed by atoms with Crippen LogP contribution in [0.5, 0.6) is 0 Å². The van der Waals surface area contributed by atoms with E-state index in [4.69, 9.17) is 11.6 Å². The summed E-state index contributed by atoms with van der Waals surface area (Å²) in [5.74, 6) is 0.0225. The minimum absolute atomic E-state index is 0.0225. The van der Waals surface area contributed by atoms with Gasteiger partial charge >= 0.3 is 0 Å². The normalized spacial score (nSPS) is 10.9. The van der Waals surface area contributed by atoms with Crippen molar-refractivity contribution in [1.82, 2.24) is 4.98 Å². The van der Waals surface area contributed by atoms with Crippen LogP contribution in [0.1, 0.15) is 27.0 Å². The van der Waals surface area contributed by atoms with Gasteiger partial charge in [-0.3, -0.25) is 4.79 Å². The number of benzene rings is 2. The minimum Gasteiger partial charge on any atom is -0.360 e. The Kier molecular flexibility index (Phi) is 3.11. The first-order valence-corrected chi connectivity index (χ1v) is 6.82. The second-order valence-electron chi connectivity index (χ2n) is 5.04. The molecule has 3 aromatic rings. The summed E-state index contributed by atoms with van der Waals surface area (Å²) in [6.07, 6.45) is 1.78. The van der Waals surface area contributed by atoms with Crippen LogP contribution in [0, 0.1) is 13.8 Å². The Labute approximate surface area is 122 Å². The average Bonchev–Trinajstić information content (AvgIpc) is 2.80. The summed E-state index contributed by atoms with van der Waals surface area (Å²) in [7, 11) is 0. The summed E-state index contributed by atoms with van der Waals surface area (Å²) in [5.41, 5.74) is 4.44. The van der Waals surface area contributed by atoms with Crippen molar-refractivity contribution >= 4 is 28.3 Å². The number of ketones is 1. The fourth-order valence-corrected chi connectivity index (χ4v) is 2.68. The van der Waals surface area contributed by atoms with Gasteiger partial charge in [-0.25, -0.2) is 0 Å². The van der Waals surface area contributed by atoms with Crippen molar-refractivity contribution < 1.29 is 4.79 Å². The van der Waals surface area contributed by atoms with E-state index >= 15 is 0 Å². The van der Waals surface area contributed by atoms with Crippen LogP contribution < -0.4 is 0 Å². The molecule has 0 saturated carbocycles. The van der Waals surface area contributed by atoms with Crippen molar-refractivity contribution in [2.45, 2.75) is 13.8 Å². The number of aryl methyl sites for hydroxylation is 2. The Hall–Kier alpha value is -2.06. The molecule has 1 N–H and O–H groups in total. The Bertz CT molecular complexity index is 817. The maximum absolute atomic E-state index is 12.7. The lowest BCUT2D eigenvalue weighted by molar-refractivity contribution is 0.104. The molecule has 0 amide bonds. The van der Waals surface area contributed by atoms with Gasteiger partial charge in [0.1, 0.15) is 0 Å². The number of fused-ring (bicyclic) bond motifs is 1. The fourth-order valence-electron chi connectivity index (χ4n) is 2.45. The van der Waals surface area contributed by atoms with E-state index in [9.17, 15) is 4.79 Å². The predicted octanol–water partition coefficient (Wildman–Crippen LogP) is 4.67. The second kappa shape index (κ2) is 4.80. The third kappa shape index (κ3) is 2.12. The maximum Gasteiger partial charge on any atom is 0.195 e. The monoisotopic (exact) mass is 283 g/mol. The molecule has 0 spiro atoms. The Balaban J connectivity index is 2.13. The van der Waals surface area contributed by atoms with E-state index in [2.05, 4.69) is 4.98 Å². The molecule has 2 nitrogen and oxygen atoms in total. The highest BCUT2D eigenvalue weighted by atomic mass is 35.5. The highest BCUT2D eigenvalue weighted by Crippen LogP contribution is 2.24. The van der Waals surface area contributed by atoms with Crippen molar-refractivity contribution in [3.63, 3.8) is 0 Å². The number of rotatable bonds is 2. The molecule has 0 unspecified atom stereocenters. The van der Waals surface area contributed by atoms with Crippen LogP contribution in [0.3, 0.4) is 0 Å². The van der Waals surface area contributed by atoms with E-state index in [0.717, 1.165) is 16.5 Å². The zero-order chi connectivity index (χ0) is 14.3. The van der Waals surface area contributed by atoms with Crippen molar-refractivity contribution in [3.05, 3.63) is 69.9 Å². The van der Waals surface area contributed by atoms with Gasteiger partial charge in [0, 0.05) is 33.2 Å². The van der Waals surface area contributed by atoms with E-state index in [1.807, 2.05) is 38.1 Å². The number of halogens is 1. The van der Waals surface area contributed by atoms with Crippen LogP contribution in [0.2, 0.25) is 5.02 Å². The molecule has 1 aromatic heterocycles. The van der Waals surface area contributed by atoms with Gasteiger partial charge in [0.15, 0.2) is 5.78 Å². The molecule has 0 bridgehead atoms. The van der Waals surface area contributed by atoms with Crippen molar-refractivity contribution in [2.24, 2.45) is 0 Å². The number of carbonyl (C=O) groups excluding carboxylic acids is 1. The van der Waals surface area contributed by atoms with E-state index in [-0.39, 0.29) is 5.78 Å². The standard InChI is InChI=1S/C17H14ClNO/c1-10-3-5-14-15(9-19-16(14)7-10)17(20)13-6-4-12(18)8-11(13)2/h3-9,19H,1-2H3. The van der Waals surface area contributed by atoms with Crippen LogP contribution >= 0.6 is 11.6 Å². The molecule has 20 heavy (non-hydrogen) atoms. The zero-order valence-electron chi connectivity index (χ0n) is 11.3. The largest absolute Gasteiger partial charge is 0.360 e. The zero-order valence-corrected chi connectivity index (χ0v) is 12.1. The Morgan fingerprint density at radius 1 is 1.05 bits per heavy atom. The lowest BCUT2D eigenvalue weighted by Crippen LogP contribution is -2.02. The van der Waals surface area contributed by atoms with Crippen LogP contribution in [-0.2, 0) is 0 Å². The van der Waals surface area contributed by atoms with Gasteiger partial charge in [-0.1, -0.05) is 23.7 Å². The average molecular weight is 284 g/mol. The van der Waals surface area contributed by atoms with Crippen LogP contribution in [0.4, 0.5) is 0 Å². The van der Waals surface area contributed by atoms with Gasteiger partial charge in [0.05, 0.1) is 0 Å². The fraction of sp³-hybridized carbons (Fsp3) is 0.118. The van der Waals surface area contributed by atoms with Gasteiger partial charge in [0.2, 0.25) is 0 Å². The van der Waals surface area contributed by atoms with Crippen LogP contribution in [-0.4, -0.2) is 10.8 Å². The summed E-state index contributed by atoms with van der Waals surface area (Å²) in [5, 5.41) is 1.60. The first kappa shape index (κ1) is 12.9. The number of aromatic nitrogens is 1. The van der Waals surface area contributed by atoms with E-state index in [0.29, 0.717) is 16.1 Å². The van der Waals surface area contributed by atoms with Gasteiger partial charge in [-0.15, -0.1) is 0 Å². The number of aromatic amines is 1. The molecule has 0 aliphatic heterocycles. The summed E-state index contributed by atoms with van der Waals surface area (Å²) < 4.78 is 0. The third-order valence-electron chi connectivity index (χ3n) is 3.51. The molecule has 1 heterocycles. The first-order chi connectivity index (χ1) is 9.56. The molecule has 3 heteroatoms. The van der Waals surface area contributed by atoms with Crippen molar-refractivity contribution in [2.75, 3.05) is 0 Å². The van der Waals surface area contributed by atoms with Gasteiger partial charge in [0.25, 0.3) is 0 Å². The summed E-state index contributed by atoms with van der Waals surface area (Å²) in [6, 6.07) is 11.4. The molecule has 0 aliphatic rings. The molecule has 0 saturated heterocycles. The molecule has 100 valence electrons. The topological polar surface area (TPSA) is 32.9 Å². The molecule has 3 rings (SSSR count). The van der Waals surface area contributed by atoms with Crippen molar-refractivity contribution in [1.29, 1.82) is 0 Å². The predicted molar refractivity (Wildman–Crippen MR) is 82.7 cm³/mol. The quantitative estimate of drug-likeness (QED) is 0.681. The number of carbonyl (C=O) groups is 1. The van der Waals surface area contributed by atoms with E-state index in [1.165, 1.54) is 5.56 Å². The van der Waals surface area contributed by atoms with E-state index < -0.39 is 0 Å². The van der Waals surface area contributed by atoms with Crippen molar-refractivity contribution in [3.8, 4) is 0 Å². The molecule has 0 aliphatic carbocycles. The van der Waals surface area contributed by atoms with Crippen LogP contribution in [0.15, 0.2) is 42.6 Å². The minimum atomic E-state index is 0.0225. The second-order valence-corrected chi connectivity index (χ2v) is 5.48. The maximum atomic E-state index is 12.7. The van der Waals surface area contributed by atoms with E-state index in [1.54, 1.807) is 18.3 Å². The molecule has 0 fully saturated rings. The number of hydrogen-bond acceptors (Lipinski definition) is 1. The summed E-state index contributed by atoms with van der Waals surface area (Å²) in [4.78, 5) is 15.8. The number of hydrogen-bond donors (Lipinski definition) is 1. The van der Waals surface area contributed by atoms with Gasteiger partial charge < -0.3 is 4.98 Å². The highest BCUT2D eigenvalue weighted by molar-refractivity contribution is 6.31.